The molecule has 1 aromatic carbocycles. The van der Waals surface area contributed by atoms with Gasteiger partial charge in [0.15, 0.2) is 0 Å². The van der Waals surface area contributed by atoms with Crippen molar-refractivity contribution >= 4 is 5.78 Å². The fourth-order valence-corrected chi connectivity index (χ4v) is 1.80. The first-order valence-electron chi connectivity index (χ1n) is 5.55. The summed E-state index contributed by atoms with van der Waals surface area (Å²) in [6, 6.07) is 11.0. The molecule has 0 N–H and O–H groups in total. The second-order valence-corrected chi connectivity index (χ2v) is 4.02. The van der Waals surface area contributed by atoms with Crippen LogP contribution in [0.25, 0.3) is 0 Å². The van der Waals surface area contributed by atoms with E-state index < -0.39 is 5.92 Å². The summed E-state index contributed by atoms with van der Waals surface area (Å²) in [5.41, 5.74) is 0.805. The normalized spacial score (nSPS) is 11.4. The minimum atomic E-state index is -0.817. The van der Waals surface area contributed by atoms with Crippen molar-refractivity contribution in [3.05, 3.63) is 29.8 Å². The maximum Gasteiger partial charge on any atom is 0.140 e. The topological polar surface area (TPSA) is 73.9 Å². The number of carbonyl (C=O) groups is 1. The Morgan fingerprint density at radius 1 is 1.28 bits per heavy atom. The third-order valence-electron chi connectivity index (χ3n) is 2.73. The molecular formula is C14H14N2O2. The second kappa shape index (κ2) is 6.42. The van der Waals surface area contributed by atoms with Gasteiger partial charge >= 0.3 is 0 Å². The van der Waals surface area contributed by atoms with Crippen LogP contribution in [-0.4, -0.2) is 12.9 Å². The Hall–Kier alpha value is -2.33. The largest absolute Gasteiger partial charge is 0.497 e. The van der Waals surface area contributed by atoms with Crippen LogP contribution >= 0.6 is 0 Å². The minimum Gasteiger partial charge on any atom is -0.497 e. The molecule has 0 radical (unpaired) electrons. The van der Waals surface area contributed by atoms with Gasteiger partial charge in [0.05, 0.1) is 19.2 Å². The van der Waals surface area contributed by atoms with E-state index in [4.69, 9.17) is 15.3 Å². The highest BCUT2D eigenvalue weighted by molar-refractivity contribution is 5.76. The summed E-state index contributed by atoms with van der Waals surface area (Å²) < 4.78 is 5.05. The molecule has 0 fully saturated rings. The number of Topliss-reactive ketones (excluding diaryl/α,β-unsaturated/α-hetero) is 1. The van der Waals surface area contributed by atoms with Crippen LogP contribution in [0, 0.1) is 28.6 Å². The third kappa shape index (κ3) is 3.33. The number of benzene rings is 1. The summed E-state index contributed by atoms with van der Waals surface area (Å²) in [4.78, 5) is 11.2. The highest BCUT2D eigenvalue weighted by Gasteiger charge is 2.24. The van der Waals surface area contributed by atoms with E-state index in [1.165, 1.54) is 6.92 Å². The number of hydrogen-bond acceptors (Lipinski definition) is 4. The molecule has 0 heterocycles. The Bertz CT molecular complexity index is 480. The molecule has 92 valence electrons. The molecule has 0 amide bonds. The first-order chi connectivity index (χ1) is 8.62. The summed E-state index contributed by atoms with van der Waals surface area (Å²) in [5, 5.41) is 17.9. The molecule has 4 heteroatoms. The number of rotatable bonds is 5. The monoisotopic (exact) mass is 242 g/mol. The molecule has 1 aromatic rings. The zero-order valence-electron chi connectivity index (χ0n) is 10.4. The van der Waals surface area contributed by atoms with Crippen LogP contribution in [0.3, 0.4) is 0 Å². The lowest BCUT2D eigenvalue weighted by Crippen LogP contribution is -2.13. The fraction of sp³-hybridized carbons (Fsp3) is 0.357. The minimum absolute atomic E-state index is 0.0358. The molecule has 4 nitrogen and oxygen atoms in total. The van der Waals surface area contributed by atoms with E-state index in [1.54, 1.807) is 31.4 Å². The Balaban J connectivity index is 3.05. The van der Waals surface area contributed by atoms with Crippen molar-refractivity contribution in [2.75, 3.05) is 7.11 Å². The molecule has 0 saturated heterocycles. The first kappa shape index (κ1) is 13.7. The van der Waals surface area contributed by atoms with Gasteiger partial charge < -0.3 is 9.53 Å². The SMILES string of the molecule is COc1ccc(C(CC(C)=O)C(C#N)C#N)cc1. The molecule has 0 spiro atoms. The summed E-state index contributed by atoms with van der Waals surface area (Å²) in [7, 11) is 1.56. The van der Waals surface area contributed by atoms with Crippen LogP contribution in [0.2, 0.25) is 0 Å². The van der Waals surface area contributed by atoms with Crippen LogP contribution < -0.4 is 4.74 Å². The molecule has 1 atom stereocenters. The van der Waals surface area contributed by atoms with Crippen molar-refractivity contribution in [3.63, 3.8) is 0 Å². The van der Waals surface area contributed by atoms with Crippen molar-refractivity contribution in [3.8, 4) is 17.9 Å². The van der Waals surface area contributed by atoms with Gasteiger partial charge in [-0.2, -0.15) is 10.5 Å². The average molecular weight is 242 g/mol. The Morgan fingerprint density at radius 2 is 1.83 bits per heavy atom. The fourth-order valence-electron chi connectivity index (χ4n) is 1.80. The van der Waals surface area contributed by atoms with Gasteiger partial charge in [-0.15, -0.1) is 0 Å². The molecule has 0 saturated carbocycles. The first-order valence-corrected chi connectivity index (χ1v) is 5.55. The third-order valence-corrected chi connectivity index (χ3v) is 2.73. The molecular weight excluding hydrogens is 228 g/mol. The highest BCUT2D eigenvalue weighted by Crippen LogP contribution is 2.29. The van der Waals surface area contributed by atoms with E-state index >= 15 is 0 Å². The van der Waals surface area contributed by atoms with Gasteiger partial charge in [0, 0.05) is 12.3 Å². The van der Waals surface area contributed by atoms with Crippen LogP contribution in [0.1, 0.15) is 24.8 Å². The highest BCUT2D eigenvalue weighted by atomic mass is 16.5. The molecule has 18 heavy (non-hydrogen) atoms. The Morgan fingerprint density at radius 3 is 2.22 bits per heavy atom. The van der Waals surface area contributed by atoms with Gasteiger partial charge in [0.25, 0.3) is 0 Å². The van der Waals surface area contributed by atoms with Gasteiger partial charge in [0.2, 0.25) is 0 Å². The molecule has 0 aliphatic rings. The van der Waals surface area contributed by atoms with Crippen molar-refractivity contribution in [1.82, 2.24) is 0 Å². The smallest absolute Gasteiger partial charge is 0.140 e. The lowest BCUT2D eigenvalue weighted by atomic mass is 9.84. The standard InChI is InChI=1S/C14H14N2O2/c1-10(17)7-14(12(8-15)9-16)11-3-5-13(18-2)6-4-11/h3-6,12,14H,7H2,1-2H3. The van der Waals surface area contributed by atoms with Gasteiger partial charge in [-0.25, -0.2) is 0 Å². The number of ether oxygens (including phenoxy) is 1. The van der Waals surface area contributed by atoms with Crippen LogP contribution in [0.4, 0.5) is 0 Å². The Labute approximate surface area is 106 Å². The maximum atomic E-state index is 11.2. The predicted octanol–water partition coefficient (Wildman–Crippen LogP) is 2.42. The predicted molar refractivity (Wildman–Crippen MR) is 65.7 cm³/mol. The lowest BCUT2D eigenvalue weighted by Gasteiger charge is -2.16. The van der Waals surface area contributed by atoms with E-state index in [2.05, 4.69) is 0 Å². The number of nitrogens with zero attached hydrogens (tertiary/aromatic N) is 2. The molecule has 0 aliphatic carbocycles. The molecule has 1 rings (SSSR count). The number of hydrogen-bond donors (Lipinski definition) is 0. The van der Waals surface area contributed by atoms with Gasteiger partial charge in [-0.1, -0.05) is 12.1 Å². The van der Waals surface area contributed by atoms with E-state index in [0.717, 1.165) is 5.56 Å². The molecule has 0 aliphatic heterocycles. The number of nitriles is 2. The van der Waals surface area contributed by atoms with Crippen molar-refractivity contribution < 1.29 is 9.53 Å². The van der Waals surface area contributed by atoms with Crippen LogP contribution in [0.5, 0.6) is 5.75 Å². The maximum absolute atomic E-state index is 11.2. The van der Waals surface area contributed by atoms with E-state index in [9.17, 15) is 4.79 Å². The summed E-state index contributed by atoms with van der Waals surface area (Å²) >= 11 is 0. The lowest BCUT2D eigenvalue weighted by molar-refractivity contribution is -0.117. The van der Waals surface area contributed by atoms with Gasteiger partial charge in [0.1, 0.15) is 17.5 Å². The summed E-state index contributed by atoms with van der Waals surface area (Å²) in [5.74, 6) is -0.539. The van der Waals surface area contributed by atoms with Crippen LogP contribution in [0.15, 0.2) is 24.3 Å². The quantitative estimate of drug-likeness (QED) is 0.794. The zero-order valence-corrected chi connectivity index (χ0v) is 10.4. The van der Waals surface area contributed by atoms with Crippen molar-refractivity contribution in [2.45, 2.75) is 19.3 Å². The van der Waals surface area contributed by atoms with E-state index in [1.807, 2.05) is 12.1 Å². The number of carbonyl (C=O) groups excluding carboxylic acids is 1. The van der Waals surface area contributed by atoms with E-state index in [-0.39, 0.29) is 18.1 Å². The average Bonchev–Trinajstić information content (AvgIpc) is 2.38. The van der Waals surface area contributed by atoms with Crippen molar-refractivity contribution in [2.24, 2.45) is 5.92 Å². The molecule has 0 aromatic heterocycles. The summed E-state index contributed by atoms with van der Waals surface area (Å²) in [6.45, 7) is 1.46. The van der Waals surface area contributed by atoms with Crippen molar-refractivity contribution in [1.29, 1.82) is 10.5 Å². The zero-order chi connectivity index (χ0) is 13.5. The number of methoxy groups -OCH3 is 1. The van der Waals surface area contributed by atoms with E-state index in [0.29, 0.717) is 5.75 Å². The van der Waals surface area contributed by atoms with Gasteiger partial charge in [-0.3, -0.25) is 0 Å². The van der Waals surface area contributed by atoms with Crippen LogP contribution in [-0.2, 0) is 4.79 Å². The summed E-state index contributed by atoms with van der Waals surface area (Å²) in [6.07, 6.45) is 0.193. The molecule has 0 bridgehead atoms. The Kier molecular flexibility index (Phi) is 4.90. The second-order valence-electron chi connectivity index (χ2n) is 4.02. The number of ketones is 1. The van der Waals surface area contributed by atoms with Gasteiger partial charge in [-0.05, 0) is 24.6 Å². The molecule has 1 unspecified atom stereocenters.